The number of hydrogen-bond donors (Lipinski definition) is 1. The molecular formula is C20H28N2O2. The summed E-state index contributed by atoms with van der Waals surface area (Å²) in [7, 11) is 1.64. The molecule has 0 saturated heterocycles. The van der Waals surface area contributed by atoms with Crippen LogP contribution in [0.25, 0.3) is 0 Å². The van der Waals surface area contributed by atoms with Crippen molar-refractivity contribution in [2.75, 3.05) is 13.6 Å². The van der Waals surface area contributed by atoms with Crippen LogP contribution in [0.5, 0.6) is 0 Å². The fraction of sp³-hybridized carbons (Fsp3) is 0.600. The first-order valence-corrected chi connectivity index (χ1v) is 9.15. The van der Waals surface area contributed by atoms with Gasteiger partial charge in [0.15, 0.2) is 0 Å². The number of nitrogens with one attached hydrogen (secondary N) is 1. The maximum Gasteiger partial charge on any atom is 0.238 e. The maximum atomic E-state index is 13.4. The van der Waals surface area contributed by atoms with Gasteiger partial charge in [0.05, 0.1) is 0 Å². The molecule has 1 unspecified atom stereocenters. The number of carbonyl (C=O) groups excluding carboxylic acids is 2. The normalized spacial score (nSPS) is 20.8. The molecule has 4 heteroatoms. The highest BCUT2D eigenvalue weighted by atomic mass is 16.2. The topological polar surface area (TPSA) is 49.4 Å². The van der Waals surface area contributed by atoms with Crippen molar-refractivity contribution in [2.45, 2.75) is 52.0 Å². The van der Waals surface area contributed by atoms with Gasteiger partial charge in [-0.3, -0.25) is 9.59 Å². The molecule has 1 aromatic carbocycles. The Morgan fingerprint density at radius 2 is 1.79 bits per heavy atom. The van der Waals surface area contributed by atoms with Gasteiger partial charge in [-0.05, 0) is 43.2 Å². The standard InChI is InChI=1S/C20H28N2O2/c1-20(18(23)21-2,17-10-4-3-5-11-17)19(24)22-13-12-15-8-6-7-9-16(15)14-22/h6-9,17H,3-5,10-14H2,1-2H3,(H,21,23). The molecule has 3 rings (SSSR count). The van der Waals surface area contributed by atoms with E-state index in [1.807, 2.05) is 24.0 Å². The first-order valence-electron chi connectivity index (χ1n) is 9.15. The van der Waals surface area contributed by atoms with Crippen LogP contribution in [0.4, 0.5) is 0 Å². The first kappa shape index (κ1) is 17.0. The Labute approximate surface area is 144 Å². The summed E-state index contributed by atoms with van der Waals surface area (Å²) >= 11 is 0. The summed E-state index contributed by atoms with van der Waals surface area (Å²) in [6, 6.07) is 8.29. The molecule has 1 aliphatic carbocycles. The second-order valence-electron chi connectivity index (χ2n) is 7.36. The summed E-state index contributed by atoms with van der Waals surface area (Å²) in [4.78, 5) is 28.0. The second kappa shape index (κ2) is 6.96. The third-order valence-corrected chi connectivity index (χ3v) is 5.98. The summed E-state index contributed by atoms with van der Waals surface area (Å²) in [5.41, 5.74) is 1.59. The quantitative estimate of drug-likeness (QED) is 0.867. The molecule has 1 aliphatic heterocycles. The van der Waals surface area contributed by atoms with Gasteiger partial charge < -0.3 is 10.2 Å². The monoisotopic (exact) mass is 328 g/mol. The molecule has 2 amide bonds. The third-order valence-electron chi connectivity index (χ3n) is 5.98. The Morgan fingerprint density at radius 1 is 1.12 bits per heavy atom. The average molecular weight is 328 g/mol. The van der Waals surface area contributed by atoms with Crippen molar-refractivity contribution in [3.8, 4) is 0 Å². The number of hydrogen-bond acceptors (Lipinski definition) is 2. The zero-order chi connectivity index (χ0) is 17.2. The minimum atomic E-state index is -0.943. The Bertz CT molecular complexity index is 622. The molecule has 1 fully saturated rings. The largest absolute Gasteiger partial charge is 0.358 e. The van der Waals surface area contributed by atoms with E-state index in [0.29, 0.717) is 13.1 Å². The smallest absolute Gasteiger partial charge is 0.238 e. The fourth-order valence-corrected chi connectivity index (χ4v) is 4.39. The Balaban J connectivity index is 1.85. The third kappa shape index (κ3) is 2.94. The lowest BCUT2D eigenvalue weighted by atomic mass is 9.68. The fourth-order valence-electron chi connectivity index (χ4n) is 4.39. The number of carbonyl (C=O) groups is 2. The van der Waals surface area contributed by atoms with Crippen molar-refractivity contribution in [1.82, 2.24) is 10.2 Å². The van der Waals surface area contributed by atoms with Gasteiger partial charge >= 0.3 is 0 Å². The Morgan fingerprint density at radius 3 is 2.46 bits per heavy atom. The molecule has 2 aliphatic rings. The molecule has 1 aromatic rings. The van der Waals surface area contributed by atoms with E-state index in [9.17, 15) is 9.59 Å². The van der Waals surface area contributed by atoms with Crippen LogP contribution in [-0.2, 0) is 22.6 Å². The number of rotatable bonds is 3. The van der Waals surface area contributed by atoms with Gasteiger partial charge in [0.1, 0.15) is 5.41 Å². The number of benzene rings is 1. The van der Waals surface area contributed by atoms with Gasteiger partial charge in [-0.25, -0.2) is 0 Å². The molecule has 0 spiro atoms. The zero-order valence-corrected chi connectivity index (χ0v) is 14.8. The molecule has 1 heterocycles. The van der Waals surface area contributed by atoms with Crippen LogP contribution in [0.2, 0.25) is 0 Å². The molecule has 24 heavy (non-hydrogen) atoms. The lowest BCUT2D eigenvalue weighted by Gasteiger charge is -2.41. The predicted molar refractivity (Wildman–Crippen MR) is 94.3 cm³/mol. The highest BCUT2D eigenvalue weighted by Gasteiger charge is 2.49. The van der Waals surface area contributed by atoms with E-state index in [-0.39, 0.29) is 17.7 Å². The molecule has 0 radical (unpaired) electrons. The van der Waals surface area contributed by atoms with Gasteiger partial charge in [0.2, 0.25) is 11.8 Å². The van der Waals surface area contributed by atoms with Gasteiger partial charge in [-0.2, -0.15) is 0 Å². The minimum Gasteiger partial charge on any atom is -0.358 e. The first-order chi connectivity index (χ1) is 11.6. The van der Waals surface area contributed by atoms with Crippen LogP contribution in [0, 0.1) is 11.3 Å². The molecule has 1 atom stereocenters. The second-order valence-corrected chi connectivity index (χ2v) is 7.36. The number of amides is 2. The van der Waals surface area contributed by atoms with Crippen LogP contribution in [0.15, 0.2) is 24.3 Å². The summed E-state index contributed by atoms with van der Waals surface area (Å²) in [6.07, 6.45) is 6.27. The Hall–Kier alpha value is -1.84. The van der Waals surface area contributed by atoms with Crippen LogP contribution in [0.1, 0.15) is 50.2 Å². The zero-order valence-electron chi connectivity index (χ0n) is 14.8. The molecule has 4 nitrogen and oxygen atoms in total. The molecule has 0 aromatic heterocycles. The van der Waals surface area contributed by atoms with Crippen LogP contribution in [-0.4, -0.2) is 30.3 Å². The van der Waals surface area contributed by atoms with Gasteiger partial charge in [-0.1, -0.05) is 43.5 Å². The van der Waals surface area contributed by atoms with Gasteiger partial charge in [-0.15, -0.1) is 0 Å². The molecule has 130 valence electrons. The van der Waals surface area contributed by atoms with Crippen LogP contribution in [0.3, 0.4) is 0 Å². The van der Waals surface area contributed by atoms with E-state index in [2.05, 4.69) is 17.4 Å². The summed E-state index contributed by atoms with van der Waals surface area (Å²) < 4.78 is 0. The van der Waals surface area contributed by atoms with Crippen LogP contribution >= 0.6 is 0 Å². The molecule has 1 N–H and O–H groups in total. The predicted octanol–water partition coefficient (Wildman–Crippen LogP) is 2.90. The number of nitrogens with zero attached hydrogens (tertiary/aromatic N) is 1. The molecular weight excluding hydrogens is 300 g/mol. The van der Waals surface area contributed by atoms with Crippen molar-refractivity contribution >= 4 is 11.8 Å². The van der Waals surface area contributed by atoms with Crippen molar-refractivity contribution in [3.63, 3.8) is 0 Å². The maximum absolute atomic E-state index is 13.4. The van der Waals surface area contributed by atoms with Gasteiger partial charge in [0, 0.05) is 20.1 Å². The SMILES string of the molecule is CNC(=O)C(C)(C(=O)N1CCc2ccccc2C1)C1CCCCC1. The minimum absolute atomic E-state index is 0.00301. The van der Waals surface area contributed by atoms with Gasteiger partial charge in [0.25, 0.3) is 0 Å². The number of fused-ring (bicyclic) bond motifs is 1. The van der Waals surface area contributed by atoms with Crippen molar-refractivity contribution in [3.05, 3.63) is 35.4 Å². The van der Waals surface area contributed by atoms with Crippen molar-refractivity contribution in [1.29, 1.82) is 0 Å². The van der Waals surface area contributed by atoms with Crippen LogP contribution < -0.4 is 5.32 Å². The van der Waals surface area contributed by atoms with E-state index < -0.39 is 5.41 Å². The van der Waals surface area contributed by atoms with E-state index in [1.54, 1.807) is 7.05 Å². The van der Waals surface area contributed by atoms with E-state index >= 15 is 0 Å². The van der Waals surface area contributed by atoms with E-state index in [4.69, 9.17) is 0 Å². The lowest BCUT2D eigenvalue weighted by Crippen LogP contribution is -2.55. The van der Waals surface area contributed by atoms with Crippen molar-refractivity contribution in [2.24, 2.45) is 11.3 Å². The average Bonchev–Trinajstić information content (AvgIpc) is 2.66. The lowest BCUT2D eigenvalue weighted by molar-refractivity contribution is -0.155. The van der Waals surface area contributed by atoms with E-state index in [0.717, 1.165) is 32.1 Å². The molecule has 0 bridgehead atoms. The van der Waals surface area contributed by atoms with Crippen molar-refractivity contribution < 1.29 is 9.59 Å². The summed E-state index contributed by atoms with van der Waals surface area (Å²) in [5, 5.41) is 2.76. The Kier molecular flexibility index (Phi) is 4.93. The molecule has 1 saturated carbocycles. The summed E-state index contributed by atoms with van der Waals surface area (Å²) in [5.74, 6) is 0.0254. The van der Waals surface area contributed by atoms with E-state index in [1.165, 1.54) is 17.5 Å². The summed E-state index contributed by atoms with van der Waals surface area (Å²) in [6.45, 7) is 3.19. The highest BCUT2D eigenvalue weighted by molar-refractivity contribution is 6.05. The highest BCUT2D eigenvalue weighted by Crippen LogP contribution is 2.41.